The molecule has 5 nitrogen and oxygen atoms in total. The second-order valence-corrected chi connectivity index (χ2v) is 4.02. The van der Waals surface area contributed by atoms with Gasteiger partial charge in [-0.2, -0.15) is 4.79 Å². The predicted molar refractivity (Wildman–Crippen MR) is 59.3 cm³/mol. The molecule has 1 N–H and O–H groups in total. The molecule has 0 saturated carbocycles. The molecule has 0 aliphatic heterocycles. The molecule has 0 aliphatic carbocycles. The predicted octanol–water partition coefficient (Wildman–Crippen LogP) is 1.32. The van der Waals surface area contributed by atoms with E-state index in [0.29, 0.717) is 4.88 Å². The van der Waals surface area contributed by atoms with Gasteiger partial charge in [0.15, 0.2) is 6.10 Å². The van der Waals surface area contributed by atoms with Crippen LogP contribution in [-0.4, -0.2) is 28.2 Å². The number of aryl methyl sites for hydroxylation is 1. The minimum atomic E-state index is -1.25. The van der Waals surface area contributed by atoms with Crippen molar-refractivity contribution in [3.8, 4) is 0 Å². The summed E-state index contributed by atoms with van der Waals surface area (Å²) in [7, 11) is 0. The number of hydrogen-bond donors (Lipinski definition) is 1. The molecule has 0 spiro atoms. The lowest BCUT2D eigenvalue weighted by Gasteiger charge is -2.04. The van der Waals surface area contributed by atoms with Crippen LogP contribution in [0.4, 0.5) is 0 Å². The van der Waals surface area contributed by atoms with Crippen molar-refractivity contribution in [3.05, 3.63) is 27.4 Å². The molecule has 0 amide bonds. The lowest BCUT2D eigenvalue weighted by atomic mass is 10.1. The molecule has 1 rings (SSSR count). The SMILES string of the molecule is CCOC(=O)C(=[N+]=[N-])C(O)c1sccc1C. The number of aliphatic hydroxyl groups is 1. The van der Waals surface area contributed by atoms with E-state index in [9.17, 15) is 9.90 Å². The van der Waals surface area contributed by atoms with E-state index in [0.717, 1.165) is 5.56 Å². The lowest BCUT2D eigenvalue weighted by Crippen LogP contribution is -2.25. The van der Waals surface area contributed by atoms with E-state index in [-0.39, 0.29) is 6.61 Å². The fourth-order valence-electron chi connectivity index (χ4n) is 1.20. The van der Waals surface area contributed by atoms with Crippen LogP contribution in [0.15, 0.2) is 11.4 Å². The largest absolute Gasteiger partial charge is 0.457 e. The minimum Gasteiger partial charge on any atom is -0.457 e. The molecule has 86 valence electrons. The Morgan fingerprint density at radius 1 is 1.75 bits per heavy atom. The molecule has 0 radical (unpaired) electrons. The highest BCUT2D eigenvalue weighted by molar-refractivity contribution is 7.10. The number of rotatable bonds is 4. The van der Waals surface area contributed by atoms with Gasteiger partial charge in [0, 0.05) is 4.88 Å². The molecule has 0 aliphatic rings. The van der Waals surface area contributed by atoms with E-state index in [4.69, 9.17) is 5.53 Å². The Balaban J connectivity index is 2.96. The average molecular weight is 240 g/mol. The van der Waals surface area contributed by atoms with Crippen LogP contribution in [0.2, 0.25) is 0 Å². The average Bonchev–Trinajstić information content (AvgIpc) is 2.65. The van der Waals surface area contributed by atoms with Gasteiger partial charge in [-0.1, -0.05) is 0 Å². The van der Waals surface area contributed by atoms with Gasteiger partial charge in [-0.05, 0) is 30.9 Å². The maximum absolute atomic E-state index is 11.4. The van der Waals surface area contributed by atoms with E-state index in [1.54, 1.807) is 19.2 Å². The van der Waals surface area contributed by atoms with Crippen molar-refractivity contribution in [1.82, 2.24) is 0 Å². The summed E-state index contributed by atoms with van der Waals surface area (Å²) in [6.45, 7) is 3.60. The summed E-state index contributed by atoms with van der Waals surface area (Å²) in [6, 6.07) is 1.81. The minimum absolute atomic E-state index is 0.161. The highest BCUT2D eigenvalue weighted by Crippen LogP contribution is 2.24. The number of aliphatic hydroxyl groups excluding tert-OH is 1. The molecule has 0 bridgehead atoms. The number of carbonyl (C=O) groups excluding carboxylic acids is 1. The van der Waals surface area contributed by atoms with Crippen LogP contribution in [0, 0.1) is 6.92 Å². The lowest BCUT2D eigenvalue weighted by molar-refractivity contribution is -0.141. The molecular weight excluding hydrogens is 228 g/mol. The van der Waals surface area contributed by atoms with Gasteiger partial charge in [0.25, 0.3) is 0 Å². The highest BCUT2D eigenvalue weighted by Gasteiger charge is 2.33. The second-order valence-electron chi connectivity index (χ2n) is 3.08. The zero-order chi connectivity index (χ0) is 12.1. The summed E-state index contributed by atoms with van der Waals surface area (Å²) in [6.07, 6.45) is -1.25. The first-order valence-electron chi connectivity index (χ1n) is 4.73. The van der Waals surface area contributed by atoms with E-state index in [1.807, 2.05) is 6.07 Å². The van der Waals surface area contributed by atoms with Gasteiger partial charge in [0.05, 0.1) is 6.61 Å². The third-order valence-corrected chi connectivity index (χ3v) is 3.07. The zero-order valence-electron chi connectivity index (χ0n) is 9.01. The van der Waals surface area contributed by atoms with Crippen molar-refractivity contribution in [2.45, 2.75) is 20.0 Å². The van der Waals surface area contributed by atoms with Crippen LogP contribution in [0.1, 0.15) is 23.5 Å². The summed E-state index contributed by atoms with van der Waals surface area (Å²) in [5, 5.41) is 11.7. The molecule has 16 heavy (non-hydrogen) atoms. The molecule has 0 aromatic carbocycles. The molecule has 0 fully saturated rings. The number of nitrogens with zero attached hydrogens (tertiary/aromatic N) is 2. The molecular formula is C10H12N2O3S. The number of hydrogen-bond acceptors (Lipinski definition) is 4. The van der Waals surface area contributed by atoms with Gasteiger partial charge in [0.2, 0.25) is 0 Å². The van der Waals surface area contributed by atoms with E-state index < -0.39 is 17.8 Å². The molecule has 1 atom stereocenters. The summed E-state index contributed by atoms with van der Waals surface area (Å²) >= 11 is 1.29. The van der Waals surface area contributed by atoms with Crippen LogP contribution >= 0.6 is 11.3 Å². The Morgan fingerprint density at radius 2 is 2.44 bits per heavy atom. The molecule has 0 saturated heterocycles. The Bertz CT molecular complexity index is 435. The Kier molecular flexibility index (Phi) is 4.37. The quantitative estimate of drug-likeness (QED) is 0.373. The monoisotopic (exact) mass is 240 g/mol. The highest BCUT2D eigenvalue weighted by atomic mass is 32.1. The van der Waals surface area contributed by atoms with E-state index in [2.05, 4.69) is 9.53 Å². The summed E-state index contributed by atoms with van der Waals surface area (Å²) in [5.41, 5.74) is 9.16. The van der Waals surface area contributed by atoms with Crippen molar-refractivity contribution in [2.24, 2.45) is 0 Å². The van der Waals surface area contributed by atoms with Crippen molar-refractivity contribution in [3.63, 3.8) is 0 Å². The molecule has 1 aromatic rings. The van der Waals surface area contributed by atoms with Crippen LogP contribution in [-0.2, 0) is 9.53 Å². The third-order valence-electron chi connectivity index (χ3n) is 2.00. The van der Waals surface area contributed by atoms with Crippen molar-refractivity contribution in [2.75, 3.05) is 6.61 Å². The Morgan fingerprint density at radius 3 is 2.88 bits per heavy atom. The first-order chi connectivity index (χ1) is 7.61. The number of ether oxygens (including phenoxy) is 1. The number of thiophene rings is 1. The molecule has 1 heterocycles. The number of carbonyl (C=O) groups is 1. The van der Waals surface area contributed by atoms with E-state index >= 15 is 0 Å². The number of esters is 1. The van der Waals surface area contributed by atoms with Gasteiger partial charge >= 0.3 is 11.7 Å². The van der Waals surface area contributed by atoms with Gasteiger partial charge in [-0.15, -0.1) is 11.3 Å². The summed E-state index contributed by atoms with van der Waals surface area (Å²) in [5.74, 6) is -0.815. The maximum atomic E-state index is 11.4. The fraction of sp³-hybridized carbons (Fsp3) is 0.400. The van der Waals surface area contributed by atoms with Crippen molar-refractivity contribution >= 4 is 23.0 Å². The van der Waals surface area contributed by atoms with Crippen molar-refractivity contribution in [1.29, 1.82) is 0 Å². The zero-order valence-corrected chi connectivity index (χ0v) is 9.82. The first kappa shape index (κ1) is 12.6. The van der Waals surface area contributed by atoms with Gasteiger partial charge in [0.1, 0.15) is 0 Å². The first-order valence-corrected chi connectivity index (χ1v) is 5.60. The third kappa shape index (κ3) is 2.55. The summed E-state index contributed by atoms with van der Waals surface area (Å²) < 4.78 is 4.67. The van der Waals surface area contributed by atoms with Crippen molar-refractivity contribution < 1.29 is 19.4 Å². The Hall–Kier alpha value is -1.49. The standard InChI is InChI=1S/C10H12N2O3S/c1-3-15-10(14)7(12-11)8(13)9-6(2)4-5-16-9/h4-5,8,13H,3H2,1-2H3. The van der Waals surface area contributed by atoms with Crippen LogP contribution in [0.3, 0.4) is 0 Å². The molecule has 6 heteroatoms. The fourth-order valence-corrected chi connectivity index (χ4v) is 2.11. The van der Waals surface area contributed by atoms with Crippen LogP contribution in [0.25, 0.3) is 5.53 Å². The van der Waals surface area contributed by atoms with Gasteiger partial charge < -0.3 is 15.4 Å². The topological polar surface area (TPSA) is 82.9 Å². The second kappa shape index (κ2) is 5.55. The summed E-state index contributed by atoms with van der Waals surface area (Å²) in [4.78, 5) is 14.7. The van der Waals surface area contributed by atoms with Crippen LogP contribution in [0.5, 0.6) is 0 Å². The van der Waals surface area contributed by atoms with Gasteiger partial charge in [-0.25, -0.2) is 4.79 Å². The molecule has 1 aromatic heterocycles. The molecule has 1 unspecified atom stereocenters. The smallest absolute Gasteiger partial charge is 0.420 e. The van der Waals surface area contributed by atoms with Gasteiger partial charge in [-0.3, -0.25) is 0 Å². The Labute approximate surface area is 96.9 Å². The maximum Gasteiger partial charge on any atom is 0.420 e. The normalized spacial score (nSPS) is 11.7. The van der Waals surface area contributed by atoms with E-state index in [1.165, 1.54) is 11.3 Å². The van der Waals surface area contributed by atoms with Crippen LogP contribution < -0.4 is 0 Å².